The molecule has 0 unspecified atom stereocenters. The fourth-order valence-corrected chi connectivity index (χ4v) is 4.43. The lowest BCUT2D eigenvalue weighted by atomic mass is 9.99. The lowest BCUT2D eigenvalue weighted by molar-refractivity contribution is -0.116. The van der Waals surface area contributed by atoms with Crippen molar-refractivity contribution in [3.63, 3.8) is 0 Å². The lowest BCUT2D eigenvalue weighted by Crippen LogP contribution is -2.17. The molecule has 2 amide bonds. The molecule has 0 aliphatic heterocycles. The van der Waals surface area contributed by atoms with Gasteiger partial charge >= 0.3 is 11.9 Å². The second-order valence-corrected chi connectivity index (χ2v) is 10.1. The van der Waals surface area contributed by atoms with Crippen molar-refractivity contribution in [2.45, 2.75) is 19.3 Å². The second kappa shape index (κ2) is 13.1. The third kappa shape index (κ3) is 8.17. The maximum Gasteiger partial charge on any atom is 0.337 e. The van der Waals surface area contributed by atoms with Gasteiger partial charge in [-0.15, -0.1) is 0 Å². The minimum atomic E-state index is -1.22. The highest BCUT2D eigenvalue weighted by Gasteiger charge is 2.17. The number of aromatic carboxylic acids is 2. The molecule has 4 aromatic rings. The van der Waals surface area contributed by atoms with Gasteiger partial charge in [-0.25, -0.2) is 9.59 Å². The van der Waals surface area contributed by atoms with Crippen LogP contribution in [0.3, 0.4) is 0 Å². The zero-order chi connectivity index (χ0) is 29.5. The van der Waals surface area contributed by atoms with Crippen molar-refractivity contribution < 1.29 is 29.4 Å². The monoisotopic (exact) mass is 590 g/mol. The van der Waals surface area contributed by atoms with Crippen molar-refractivity contribution >= 4 is 58.3 Å². The molecule has 0 heterocycles. The standard InChI is InChI=1S/C31H24Cl2N2O6/c32-22-7-1-18(2-8-22)16-28(36)34-26-11-5-20(14-24(26)30(38)39)13-21-6-12-27(25(15-21)31(40)41)35-29(37)17-19-3-9-23(33)10-4-19/h1-12,14-15H,13,16-17H2,(H,34,36)(H,35,37)(H,38,39)(H,40,41). The molecule has 0 bridgehead atoms. The average Bonchev–Trinajstić information content (AvgIpc) is 2.92. The molecule has 0 atom stereocenters. The van der Waals surface area contributed by atoms with Crippen molar-refractivity contribution in [1.29, 1.82) is 0 Å². The number of halogens is 2. The zero-order valence-electron chi connectivity index (χ0n) is 21.5. The van der Waals surface area contributed by atoms with Crippen LogP contribution in [0.2, 0.25) is 10.0 Å². The third-order valence-corrected chi connectivity index (χ3v) is 6.65. The van der Waals surface area contributed by atoms with Crippen LogP contribution >= 0.6 is 23.2 Å². The first kappa shape index (κ1) is 29.3. The number of carbonyl (C=O) groups is 4. The number of hydrogen-bond donors (Lipinski definition) is 4. The van der Waals surface area contributed by atoms with Crippen molar-refractivity contribution in [3.05, 3.63) is 128 Å². The summed E-state index contributed by atoms with van der Waals surface area (Å²) in [5.41, 5.74) is 2.71. The summed E-state index contributed by atoms with van der Waals surface area (Å²) in [6, 6.07) is 22.7. The predicted molar refractivity (Wildman–Crippen MR) is 157 cm³/mol. The van der Waals surface area contributed by atoms with Gasteiger partial charge in [-0.3, -0.25) is 9.59 Å². The van der Waals surface area contributed by atoms with Gasteiger partial charge in [-0.2, -0.15) is 0 Å². The second-order valence-electron chi connectivity index (χ2n) is 9.25. The number of carboxylic acid groups (broad SMARTS) is 2. The molecule has 41 heavy (non-hydrogen) atoms. The molecule has 10 heteroatoms. The Balaban J connectivity index is 1.47. The Bertz CT molecular complexity index is 1500. The molecule has 0 aliphatic carbocycles. The van der Waals surface area contributed by atoms with E-state index in [1.54, 1.807) is 60.7 Å². The maximum atomic E-state index is 12.5. The predicted octanol–water partition coefficient (Wildman–Crippen LogP) is 6.34. The molecule has 0 aromatic heterocycles. The van der Waals surface area contributed by atoms with E-state index >= 15 is 0 Å². The summed E-state index contributed by atoms with van der Waals surface area (Å²) in [4.78, 5) is 48.9. The SMILES string of the molecule is O=C(Cc1ccc(Cl)cc1)Nc1ccc(Cc2ccc(NC(=O)Cc3ccc(Cl)cc3)c(C(=O)O)c2)cc1C(=O)O. The number of benzene rings is 4. The quantitative estimate of drug-likeness (QED) is 0.170. The van der Waals surface area contributed by atoms with E-state index in [4.69, 9.17) is 23.2 Å². The molecule has 0 saturated heterocycles. The Morgan fingerprint density at radius 3 is 1.22 bits per heavy atom. The molecule has 4 N–H and O–H groups in total. The number of carboxylic acids is 2. The molecular formula is C31H24Cl2N2O6. The van der Waals surface area contributed by atoms with E-state index in [2.05, 4.69) is 10.6 Å². The number of nitrogens with one attached hydrogen (secondary N) is 2. The number of hydrogen-bond acceptors (Lipinski definition) is 4. The smallest absolute Gasteiger partial charge is 0.337 e. The Morgan fingerprint density at radius 2 is 0.878 bits per heavy atom. The first-order chi connectivity index (χ1) is 19.6. The third-order valence-electron chi connectivity index (χ3n) is 6.14. The molecule has 208 valence electrons. The highest BCUT2D eigenvalue weighted by atomic mass is 35.5. The largest absolute Gasteiger partial charge is 0.478 e. The summed E-state index contributed by atoms with van der Waals surface area (Å²) in [5.74, 6) is -3.22. The van der Waals surface area contributed by atoms with Gasteiger partial charge in [0, 0.05) is 10.0 Å². The van der Waals surface area contributed by atoms with Crippen molar-refractivity contribution in [3.8, 4) is 0 Å². The molecular weight excluding hydrogens is 567 g/mol. The molecule has 4 rings (SSSR count). The van der Waals surface area contributed by atoms with Crippen LogP contribution in [0.5, 0.6) is 0 Å². The number of rotatable bonds is 10. The van der Waals surface area contributed by atoms with Crippen LogP contribution in [0.1, 0.15) is 43.0 Å². The summed E-state index contributed by atoms with van der Waals surface area (Å²) in [6.45, 7) is 0. The van der Waals surface area contributed by atoms with E-state index in [0.29, 0.717) is 21.2 Å². The summed E-state index contributed by atoms with van der Waals surface area (Å²) < 4.78 is 0. The van der Waals surface area contributed by atoms with Crippen LogP contribution in [-0.4, -0.2) is 34.0 Å². The van der Waals surface area contributed by atoms with Crippen molar-refractivity contribution in [1.82, 2.24) is 0 Å². The number of amides is 2. The van der Waals surface area contributed by atoms with Crippen LogP contribution < -0.4 is 10.6 Å². The summed E-state index contributed by atoms with van der Waals surface area (Å²) in [7, 11) is 0. The van der Waals surface area contributed by atoms with Crippen LogP contribution in [0, 0.1) is 0 Å². The van der Waals surface area contributed by atoms with Gasteiger partial charge in [0.2, 0.25) is 11.8 Å². The summed E-state index contributed by atoms with van der Waals surface area (Å²) in [6.07, 6.45) is 0.301. The van der Waals surface area contributed by atoms with E-state index < -0.39 is 11.9 Å². The topological polar surface area (TPSA) is 133 Å². The lowest BCUT2D eigenvalue weighted by Gasteiger charge is -2.13. The normalized spacial score (nSPS) is 10.6. The minimum absolute atomic E-state index is 0.0402. The van der Waals surface area contributed by atoms with Crippen LogP contribution in [0.4, 0.5) is 11.4 Å². The van der Waals surface area contributed by atoms with Crippen molar-refractivity contribution in [2.75, 3.05) is 10.6 Å². The number of carbonyl (C=O) groups excluding carboxylic acids is 2. The molecule has 0 saturated carbocycles. The van der Waals surface area contributed by atoms with Gasteiger partial charge in [-0.05, 0) is 77.2 Å². The van der Waals surface area contributed by atoms with Gasteiger partial charge in [-0.1, -0.05) is 59.6 Å². The summed E-state index contributed by atoms with van der Waals surface area (Å²) >= 11 is 11.7. The van der Waals surface area contributed by atoms with E-state index in [1.807, 2.05) is 0 Å². The van der Waals surface area contributed by atoms with E-state index in [9.17, 15) is 29.4 Å². The molecule has 0 radical (unpaired) electrons. The molecule has 0 spiro atoms. The average molecular weight is 591 g/mol. The Kier molecular flexibility index (Phi) is 9.39. The van der Waals surface area contributed by atoms with E-state index in [0.717, 1.165) is 11.1 Å². The fraction of sp³-hybridized carbons (Fsp3) is 0.0968. The Morgan fingerprint density at radius 1 is 0.537 bits per heavy atom. The highest BCUT2D eigenvalue weighted by Crippen LogP contribution is 2.24. The molecule has 0 aliphatic rings. The van der Waals surface area contributed by atoms with Gasteiger partial charge in [0.1, 0.15) is 0 Å². The van der Waals surface area contributed by atoms with E-state index in [1.165, 1.54) is 24.3 Å². The van der Waals surface area contributed by atoms with Crippen molar-refractivity contribution in [2.24, 2.45) is 0 Å². The molecule has 0 fully saturated rings. The maximum absolute atomic E-state index is 12.5. The first-order valence-corrected chi connectivity index (χ1v) is 13.1. The Hall–Kier alpha value is -4.66. The Labute approximate surface area is 245 Å². The summed E-state index contributed by atoms with van der Waals surface area (Å²) in [5, 5.41) is 25.9. The first-order valence-electron chi connectivity index (χ1n) is 12.4. The molecule has 8 nitrogen and oxygen atoms in total. The minimum Gasteiger partial charge on any atom is -0.478 e. The fourth-order valence-electron chi connectivity index (χ4n) is 4.17. The van der Waals surface area contributed by atoms with Crippen LogP contribution in [0.15, 0.2) is 84.9 Å². The van der Waals surface area contributed by atoms with E-state index in [-0.39, 0.29) is 53.6 Å². The van der Waals surface area contributed by atoms with Gasteiger partial charge in [0.25, 0.3) is 0 Å². The van der Waals surface area contributed by atoms with Gasteiger partial charge in [0.05, 0.1) is 35.3 Å². The zero-order valence-corrected chi connectivity index (χ0v) is 23.0. The van der Waals surface area contributed by atoms with Crippen LogP contribution in [0.25, 0.3) is 0 Å². The highest BCUT2D eigenvalue weighted by molar-refractivity contribution is 6.30. The number of anilines is 2. The van der Waals surface area contributed by atoms with Gasteiger partial charge in [0.15, 0.2) is 0 Å². The molecule has 4 aromatic carbocycles. The van der Waals surface area contributed by atoms with Crippen LogP contribution in [-0.2, 0) is 28.9 Å². The van der Waals surface area contributed by atoms with Gasteiger partial charge < -0.3 is 20.8 Å².